The zero-order valence-corrected chi connectivity index (χ0v) is 16.6. The van der Waals surface area contributed by atoms with E-state index < -0.39 is 11.7 Å². The molecular weight excluding hydrogens is 407 g/mol. The van der Waals surface area contributed by atoms with Crippen molar-refractivity contribution in [3.05, 3.63) is 40.0 Å². The van der Waals surface area contributed by atoms with E-state index >= 15 is 0 Å². The standard InChI is InChI=1S/C19H18F3N3O3S/c1-10-16-12(19(20,21)22)8-13(23-17(16)28-24-10)11-4-3-7-25(9-11)18(26)14-5-6-15(27-2)29-14/h5-6,8,11H,3-4,7,9H2,1-2H3. The highest BCUT2D eigenvalue weighted by molar-refractivity contribution is 7.15. The molecule has 4 heterocycles. The molecule has 10 heteroatoms. The molecule has 1 aliphatic heterocycles. The van der Waals surface area contributed by atoms with Crippen molar-refractivity contribution in [3.63, 3.8) is 0 Å². The molecule has 3 aromatic heterocycles. The van der Waals surface area contributed by atoms with Gasteiger partial charge >= 0.3 is 6.18 Å². The molecule has 6 nitrogen and oxygen atoms in total. The van der Waals surface area contributed by atoms with E-state index in [-0.39, 0.29) is 34.3 Å². The number of hydrogen-bond donors (Lipinski definition) is 0. The van der Waals surface area contributed by atoms with Crippen LogP contribution in [0.5, 0.6) is 5.06 Å². The highest BCUT2D eigenvalue weighted by atomic mass is 32.1. The predicted molar refractivity (Wildman–Crippen MR) is 100 cm³/mol. The average Bonchev–Trinajstić information content (AvgIpc) is 3.33. The fourth-order valence-corrected chi connectivity index (χ4v) is 4.44. The van der Waals surface area contributed by atoms with Gasteiger partial charge in [-0.05, 0) is 38.0 Å². The Bertz CT molecular complexity index is 1060. The molecule has 1 saturated heterocycles. The number of amides is 1. The number of nitrogens with zero attached hydrogens (tertiary/aromatic N) is 3. The lowest BCUT2D eigenvalue weighted by Gasteiger charge is -2.32. The molecule has 1 aliphatic rings. The molecule has 1 atom stereocenters. The number of methoxy groups -OCH3 is 1. The molecule has 3 aromatic rings. The highest BCUT2D eigenvalue weighted by Crippen LogP contribution is 2.38. The van der Waals surface area contributed by atoms with Crippen molar-refractivity contribution in [1.82, 2.24) is 15.0 Å². The van der Waals surface area contributed by atoms with E-state index in [0.717, 1.165) is 6.07 Å². The minimum absolute atomic E-state index is 0.115. The molecule has 154 valence electrons. The number of likely N-dealkylation sites (tertiary alicyclic amines) is 1. The van der Waals surface area contributed by atoms with Gasteiger partial charge in [0, 0.05) is 19.0 Å². The first-order valence-electron chi connectivity index (χ1n) is 9.05. The third kappa shape index (κ3) is 3.68. The van der Waals surface area contributed by atoms with Crippen LogP contribution in [0.3, 0.4) is 0 Å². The average molecular weight is 425 g/mol. The van der Waals surface area contributed by atoms with Crippen LogP contribution in [0.2, 0.25) is 0 Å². The summed E-state index contributed by atoms with van der Waals surface area (Å²) in [6.45, 7) is 2.30. The number of halogens is 3. The van der Waals surface area contributed by atoms with Gasteiger partial charge in [-0.3, -0.25) is 4.79 Å². The number of pyridine rings is 1. The Morgan fingerprint density at radius 3 is 2.86 bits per heavy atom. The first-order valence-corrected chi connectivity index (χ1v) is 9.86. The summed E-state index contributed by atoms with van der Waals surface area (Å²) in [5.41, 5.74) is -0.512. The fraction of sp³-hybridized carbons (Fsp3) is 0.421. The maximum atomic E-state index is 13.6. The molecule has 0 radical (unpaired) electrons. The molecule has 0 aliphatic carbocycles. The Hall–Kier alpha value is -2.62. The second-order valence-corrected chi connectivity index (χ2v) is 8.00. The number of alkyl halides is 3. The van der Waals surface area contributed by atoms with Gasteiger partial charge in [0.05, 0.1) is 34.3 Å². The van der Waals surface area contributed by atoms with Crippen molar-refractivity contribution in [2.75, 3.05) is 20.2 Å². The number of ether oxygens (including phenoxy) is 1. The molecule has 0 N–H and O–H groups in total. The van der Waals surface area contributed by atoms with E-state index in [1.165, 1.54) is 25.4 Å². The van der Waals surface area contributed by atoms with E-state index in [4.69, 9.17) is 9.26 Å². The molecule has 1 fully saturated rings. The predicted octanol–water partition coefficient (Wildman–Crippen LogP) is 4.64. The van der Waals surface area contributed by atoms with Gasteiger partial charge in [-0.2, -0.15) is 13.2 Å². The van der Waals surface area contributed by atoms with Crippen LogP contribution in [-0.4, -0.2) is 41.1 Å². The molecule has 0 bridgehead atoms. The molecule has 1 unspecified atom stereocenters. The van der Waals surface area contributed by atoms with Crippen LogP contribution in [0.25, 0.3) is 11.1 Å². The Labute approximate surface area is 168 Å². The lowest BCUT2D eigenvalue weighted by Crippen LogP contribution is -2.39. The van der Waals surface area contributed by atoms with Crippen LogP contribution in [0.1, 0.15) is 45.4 Å². The molecule has 1 amide bonds. The molecule has 29 heavy (non-hydrogen) atoms. The van der Waals surface area contributed by atoms with Gasteiger partial charge in [-0.1, -0.05) is 16.5 Å². The fourth-order valence-electron chi connectivity index (χ4n) is 3.65. The quantitative estimate of drug-likeness (QED) is 0.612. The summed E-state index contributed by atoms with van der Waals surface area (Å²) in [5, 5.41) is 4.15. The second kappa shape index (κ2) is 7.33. The van der Waals surface area contributed by atoms with Gasteiger partial charge in [0.1, 0.15) is 0 Å². The Balaban J connectivity index is 1.64. The zero-order chi connectivity index (χ0) is 20.8. The number of rotatable bonds is 3. The largest absolute Gasteiger partial charge is 0.487 e. The number of carbonyl (C=O) groups is 1. The molecular formula is C19H18F3N3O3S. The van der Waals surface area contributed by atoms with Crippen molar-refractivity contribution in [2.45, 2.75) is 31.9 Å². The number of piperidine rings is 1. The normalized spacial score (nSPS) is 17.7. The molecule has 0 spiro atoms. The van der Waals surface area contributed by atoms with Gasteiger partial charge < -0.3 is 14.2 Å². The molecule has 4 rings (SSSR count). The summed E-state index contributed by atoms with van der Waals surface area (Å²) < 4.78 is 51.0. The van der Waals surface area contributed by atoms with Crippen molar-refractivity contribution in [2.24, 2.45) is 0 Å². The number of fused-ring (bicyclic) bond motifs is 1. The maximum absolute atomic E-state index is 13.6. The Morgan fingerprint density at radius 2 is 2.17 bits per heavy atom. The van der Waals surface area contributed by atoms with E-state index in [1.54, 1.807) is 17.0 Å². The minimum Gasteiger partial charge on any atom is -0.487 e. The van der Waals surface area contributed by atoms with Gasteiger partial charge in [0.2, 0.25) is 0 Å². The van der Waals surface area contributed by atoms with Crippen LogP contribution in [0.15, 0.2) is 22.7 Å². The Morgan fingerprint density at radius 1 is 1.38 bits per heavy atom. The van der Waals surface area contributed by atoms with Gasteiger partial charge in [0.15, 0.2) is 5.06 Å². The summed E-state index contributed by atoms with van der Waals surface area (Å²) in [4.78, 5) is 19.3. The van der Waals surface area contributed by atoms with E-state index in [9.17, 15) is 18.0 Å². The van der Waals surface area contributed by atoms with Crippen molar-refractivity contribution < 1.29 is 27.2 Å². The third-order valence-electron chi connectivity index (χ3n) is 5.06. The highest BCUT2D eigenvalue weighted by Gasteiger charge is 2.37. The second-order valence-electron chi connectivity index (χ2n) is 6.95. The minimum atomic E-state index is -4.55. The van der Waals surface area contributed by atoms with Gasteiger partial charge in [0.25, 0.3) is 11.6 Å². The van der Waals surface area contributed by atoms with Gasteiger partial charge in [-0.15, -0.1) is 0 Å². The van der Waals surface area contributed by atoms with E-state index in [2.05, 4.69) is 10.1 Å². The smallest absolute Gasteiger partial charge is 0.417 e. The Kier molecular flexibility index (Phi) is 4.97. The van der Waals surface area contributed by atoms with Crippen LogP contribution in [-0.2, 0) is 6.18 Å². The van der Waals surface area contributed by atoms with Crippen LogP contribution >= 0.6 is 11.3 Å². The number of aryl methyl sites for hydroxylation is 1. The number of carbonyl (C=O) groups excluding carboxylic acids is 1. The summed E-state index contributed by atoms with van der Waals surface area (Å²) in [7, 11) is 1.53. The molecule has 0 aromatic carbocycles. The van der Waals surface area contributed by atoms with Crippen LogP contribution in [0, 0.1) is 6.92 Å². The van der Waals surface area contributed by atoms with E-state index in [0.29, 0.717) is 35.9 Å². The topological polar surface area (TPSA) is 68.5 Å². The van der Waals surface area contributed by atoms with E-state index in [1.807, 2.05) is 0 Å². The van der Waals surface area contributed by atoms with Crippen molar-refractivity contribution in [1.29, 1.82) is 0 Å². The van der Waals surface area contributed by atoms with Crippen LogP contribution in [0.4, 0.5) is 13.2 Å². The monoisotopic (exact) mass is 425 g/mol. The first-order chi connectivity index (χ1) is 13.8. The lowest BCUT2D eigenvalue weighted by atomic mass is 9.92. The SMILES string of the molecule is COc1ccc(C(=O)N2CCCC(c3cc(C(F)(F)F)c4c(C)noc4n3)C2)s1. The lowest BCUT2D eigenvalue weighted by molar-refractivity contribution is -0.136. The zero-order valence-electron chi connectivity index (χ0n) is 15.7. The van der Waals surface area contributed by atoms with Crippen molar-refractivity contribution >= 4 is 28.3 Å². The number of thiophene rings is 1. The first kappa shape index (κ1) is 19.7. The van der Waals surface area contributed by atoms with Crippen LogP contribution < -0.4 is 4.74 Å². The summed E-state index contributed by atoms with van der Waals surface area (Å²) in [6, 6.07) is 4.48. The van der Waals surface area contributed by atoms with Gasteiger partial charge in [-0.25, -0.2) is 4.98 Å². The molecule has 0 saturated carbocycles. The maximum Gasteiger partial charge on any atom is 0.417 e. The third-order valence-corrected chi connectivity index (χ3v) is 6.10. The van der Waals surface area contributed by atoms with Crippen molar-refractivity contribution in [3.8, 4) is 5.06 Å². The summed E-state index contributed by atoms with van der Waals surface area (Å²) >= 11 is 1.24. The number of aromatic nitrogens is 2. The summed E-state index contributed by atoms with van der Waals surface area (Å²) in [5.74, 6) is -0.471. The number of hydrogen-bond acceptors (Lipinski definition) is 6. The summed E-state index contributed by atoms with van der Waals surface area (Å²) in [6.07, 6.45) is -3.24.